The first-order chi connectivity index (χ1) is 16.2. The molecule has 2 aromatic rings. The number of carbonyl (C=O) groups is 2. The highest BCUT2D eigenvalue weighted by Crippen LogP contribution is 2.40. The number of benzene rings is 1. The Balaban J connectivity index is 1.56. The molecule has 4 rings (SSSR count). The van der Waals surface area contributed by atoms with Gasteiger partial charge in [-0.3, -0.25) is 4.79 Å². The van der Waals surface area contributed by atoms with Crippen molar-refractivity contribution >= 4 is 34.4 Å². The summed E-state index contributed by atoms with van der Waals surface area (Å²) in [7, 11) is 0. The zero-order valence-corrected chi connectivity index (χ0v) is 20.0. The second-order valence-corrected chi connectivity index (χ2v) is 9.67. The Hall–Kier alpha value is -2.67. The van der Waals surface area contributed by atoms with Crippen LogP contribution in [0.4, 0.5) is 5.00 Å². The van der Waals surface area contributed by atoms with E-state index < -0.39 is 5.97 Å². The summed E-state index contributed by atoms with van der Waals surface area (Å²) in [6.45, 7) is 1.93. The highest BCUT2D eigenvalue weighted by atomic mass is 32.1. The van der Waals surface area contributed by atoms with Crippen LogP contribution in [-0.2, 0) is 22.4 Å². The van der Waals surface area contributed by atoms with Gasteiger partial charge in [0.2, 0.25) is 0 Å². The number of aliphatic imine (C=N–C) groups is 1. The molecule has 1 heterocycles. The topological polar surface area (TPSA) is 77.0 Å². The van der Waals surface area contributed by atoms with Gasteiger partial charge < -0.3 is 14.8 Å². The molecule has 2 aliphatic carbocycles. The molecule has 33 heavy (non-hydrogen) atoms. The number of thiophene rings is 1. The summed E-state index contributed by atoms with van der Waals surface area (Å²) in [5.41, 5.74) is 2.69. The number of rotatable bonds is 8. The molecule has 0 radical (unpaired) electrons. The molecule has 2 aliphatic rings. The van der Waals surface area contributed by atoms with Gasteiger partial charge in [0.05, 0.1) is 12.2 Å². The lowest BCUT2D eigenvalue weighted by molar-refractivity contribution is -0.145. The molecule has 1 aromatic carbocycles. The van der Waals surface area contributed by atoms with E-state index in [9.17, 15) is 9.59 Å². The molecular weight excluding hydrogens is 436 g/mol. The lowest BCUT2D eigenvalue weighted by Crippen LogP contribution is -2.36. The number of para-hydroxylation sites is 1. The fraction of sp³-hybridized carbons (Fsp3) is 0.500. The van der Waals surface area contributed by atoms with E-state index in [0.29, 0.717) is 12.4 Å². The van der Waals surface area contributed by atoms with E-state index in [1.807, 2.05) is 18.2 Å². The molecule has 1 aromatic heterocycles. The van der Waals surface area contributed by atoms with Gasteiger partial charge in [-0.15, -0.1) is 11.3 Å². The van der Waals surface area contributed by atoms with Crippen molar-refractivity contribution in [1.29, 1.82) is 0 Å². The molecule has 1 amide bonds. The SMILES string of the molecule is CCOC(=O)COc1ccccc1C=Nc1sc2c(c1C(=O)NC1CCCCC1)CCCC2. The second-order valence-electron chi connectivity index (χ2n) is 8.59. The van der Waals surface area contributed by atoms with E-state index in [1.165, 1.54) is 29.7 Å². The number of amides is 1. The molecule has 0 saturated heterocycles. The van der Waals surface area contributed by atoms with Crippen LogP contribution in [0.25, 0.3) is 0 Å². The van der Waals surface area contributed by atoms with Gasteiger partial charge in [0.1, 0.15) is 10.8 Å². The number of esters is 1. The third-order valence-corrected chi connectivity index (χ3v) is 7.41. The van der Waals surface area contributed by atoms with Crippen molar-refractivity contribution in [3.05, 3.63) is 45.8 Å². The minimum Gasteiger partial charge on any atom is -0.481 e. The van der Waals surface area contributed by atoms with E-state index in [1.54, 1.807) is 30.5 Å². The molecule has 1 N–H and O–H groups in total. The summed E-state index contributed by atoms with van der Waals surface area (Å²) in [5, 5.41) is 4.04. The van der Waals surface area contributed by atoms with Crippen molar-refractivity contribution in [2.24, 2.45) is 4.99 Å². The highest BCUT2D eigenvalue weighted by Gasteiger charge is 2.27. The standard InChI is InChI=1S/C26H32N2O4S/c1-2-31-23(29)17-32-21-14-8-6-10-18(21)16-27-26-24(20-13-7-9-15-22(20)33-26)25(30)28-19-11-4-3-5-12-19/h6,8,10,14,16,19H,2-5,7,9,11-13,15,17H2,1H3,(H,28,30). The first-order valence-corrected chi connectivity index (χ1v) is 12.8. The normalized spacial score (nSPS) is 16.4. The van der Waals surface area contributed by atoms with E-state index in [-0.39, 0.29) is 18.6 Å². The molecule has 7 heteroatoms. The maximum Gasteiger partial charge on any atom is 0.344 e. The summed E-state index contributed by atoms with van der Waals surface area (Å²) >= 11 is 1.63. The number of aryl methyl sites for hydroxylation is 1. The summed E-state index contributed by atoms with van der Waals surface area (Å²) in [5.74, 6) is 0.168. The minimum atomic E-state index is -0.406. The van der Waals surface area contributed by atoms with Gasteiger partial charge in [-0.2, -0.15) is 0 Å². The summed E-state index contributed by atoms with van der Waals surface area (Å²) in [6, 6.07) is 7.70. The van der Waals surface area contributed by atoms with Crippen molar-refractivity contribution in [3.63, 3.8) is 0 Å². The Kier molecular flexibility index (Phi) is 8.15. The lowest BCUT2D eigenvalue weighted by Gasteiger charge is -2.23. The van der Waals surface area contributed by atoms with Crippen LogP contribution in [0, 0.1) is 0 Å². The molecule has 6 nitrogen and oxygen atoms in total. The fourth-order valence-electron chi connectivity index (χ4n) is 4.57. The van der Waals surface area contributed by atoms with Gasteiger partial charge in [0.25, 0.3) is 5.91 Å². The number of hydrogen-bond acceptors (Lipinski definition) is 6. The van der Waals surface area contributed by atoms with Crippen molar-refractivity contribution < 1.29 is 19.1 Å². The Bertz CT molecular complexity index is 1010. The maximum absolute atomic E-state index is 13.3. The molecule has 176 valence electrons. The number of fused-ring (bicyclic) bond motifs is 1. The van der Waals surface area contributed by atoms with Gasteiger partial charge in [-0.1, -0.05) is 31.4 Å². The van der Waals surface area contributed by atoms with Crippen molar-refractivity contribution in [1.82, 2.24) is 5.32 Å². The van der Waals surface area contributed by atoms with Crippen LogP contribution < -0.4 is 10.1 Å². The van der Waals surface area contributed by atoms with Crippen molar-refractivity contribution in [2.45, 2.75) is 70.8 Å². The summed E-state index contributed by atoms with van der Waals surface area (Å²) in [4.78, 5) is 31.1. The molecule has 1 saturated carbocycles. The van der Waals surface area contributed by atoms with Crippen LogP contribution in [0.5, 0.6) is 5.75 Å². The molecule has 0 aliphatic heterocycles. The quantitative estimate of drug-likeness (QED) is 0.417. The number of ether oxygens (including phenoxy) is 2. The van der Waals surface area contributed by atoms with E-state index in [4.69, 9.17) is 14.5 Å². The third-order valence-electron chi connectivity index (χ3n) is 6.21. The number of nitrogens with one attached hydrogen (secondary N) is 1. The molecular formula is C26H32N2O4S. The maximum atomic E-state index is 13.3. The van der Waals surface area contributed by atoms with E-state index >= 15 is 0 Å². The number of nitrogens with zero attached hydrogens (tertiary/aromatic N) is 1. The van der Waals surface area contributed by atoms with Crippen LogP contribution >= 0.6 is 11.3 Å². The Morgan fingerprint density at radius 3 is 2.73 bits per heavy atom. The number of hydrogen-bond donors (Lipinski definition) is 1. The van der Waals surface area contributed by atoms with Crippen molar-refractivity contribution in [2.75, 3.05) is 13.2 Å². The zero-order chi connectivity index (χ0) is 23.0. The fourth-order valence-corrected chi connectivity index (χ4v) is 5.80. The van der Waals surface area contributed by atoms with Gasteiger partial charge in [0.15, 0.2) is 6.61 Å². The number of carbonyl (C=O) groups excluding carboxylic acids is 2. The molecule has 0 spiro atoms. The first kappa shape index (κ1) is 23.5. The smallest absolute Gasteiger partial charge is 0.344 e. The second kappa shape index (κ2) is 11.5. The third kappa shape index (κ3) is 6.02. The average molecular weight is 469 g/mol. The molecule has 1 fully saturated rings. The Morgan fingerprint density at radius 2 is 1.91 bits per heavy atom. The van der Waals surface area contributed by atoms with Gasteiger partial charge in [-0.05, 0) is 63.1 Å². The van der Waals surface area contributed by atoms with Crippen LogP contribution in [-0.4, -0.2) is 37.3 Å². The lowest BCUT2D eigenvalue weighted by atomic mass is 9.93. The van der Waals surface area contributed by atoms with Crippen LogP contribution in [0.15, 0.2) is 29.3 Å². The van der Waals surface area contributed by atoms with Gasteiger partial charge in [-0.25, -0.2) is 9.79 Å². The van der Waals surface area contributed by atoms with Gasteiger partial charge >= 0.3 is 5.97 Å². The zero-order valence-electron chi connectivity index (χ0n) is 19.2. The highest BCUT2D eigenvalue weighted by molar-refractivity contribution is 7.16. The first-order valence-electron chi connectivity index (χ1n) is 12.0. The van der Waals surface area contributed by atoms with E-state index in [2.05, 4.69) is 5.32 Å². The van der Waals surface area contributed by atoms with Crippen molar-refractivity contribution in [3.8, 4) is 5.75 Å². The van der Waals surface area contributed by atoms with Crippen LogP contribution in [0.2, 0.25) is 0 Å². The predicted molar refractivity (Wildman–Crippen MR) is 131 cm³/mol. The molecule has 0 bridgehead atoms. The molecule has 0 unspecified atom stereocenters. The van der Waals surface area contributed by atoms with Crippen LogP contribution in [0.1, 0.15) is 78.2 Å². The average Bonchev–Trinajstić information content (AvgIpc) is 3.21. The largest absolute Gasteiger partial charge is 0.481 e. The molecule has 0 atom stereocenters. The summed E-state index contributed by atoms with van der Waals surface area (Å²) in [6.07, 6.45) is 11.7. The van der Waals surface area contributed by atoms with Crippen LogP contribution in [0.3, 0.4) is 0 Å². The predicted octanol–water partition coefficient (Wildman–Crippen LogP) is 5.38. The van der Waals surface area contributed by atoms with Gasteiger partial charge in [0, 0.05) is 22.7 Å². The van der Waals surface area contributed by atoms with E-state index in [0.717, 1.165) is 54.7 Å². The minimum absolute atomic E-state index is 0.0142. The summed E-state index contributed by atoms with van der Waals surface area (Å²) < 4.78 is 10.6. The monoisotopic (exact) mass is 468 g/mol. The Labute approximate surface area is 199 Å². The Morgan fingerprint density at radius 1 is 1.12 bits per heavy atom.